The lowest BCUT2D eigenvalue weighted by Crippen LogP contribution is -2.25. The monoisotopic (exact) mass is 287 g/mol. The van der Waals surface area contributed by atoms with E-state index in [0.717, 1.165) is 31.7 Å². The van der Waals surface area contributed by atoms with E-state index < -0.39 is 0 Å². The van der Waals surface area contributed by atoms with E-state index in [0.29, 0.717) is 16.1 Å². The molecule has 1 unspecified atom stereocenters. The fourth-order valence-electron chi connectivity index (χ4n) is 2.18. The first-order chi connectivity index (χ1) is 8.75. The molecule has 0 aliphatic carbocycles. The molecular weight excluding hydrogens is 269 g/mol. The van der Waals surface area contributed by atoms with Crippen molar-refractivity contribution in [3.63, 3.8) is 0 Å². The predicted octanol–water partition coefficient (Wildman–Crippen LogP) is 4.04. The molecule has 1 aromatic carbocycles. The summed E-state index contributed by atoms with van der Waals surface area (Å²) in [6.07, 6.45) is 5.25. The third-order valence-corrected chi connectivity index (χ3v) is 3.97. The Kier molecular flexibility index (Phi) is 5.77. The molecule has 100 valence electrons. The van der Waals surface area contributed by atoms with Crippen LogP contribution < -0.4 is 5.32 Å². The molecule has 18 heavy (non-hydrogen) atoms. The Morgan fingerprint density at radius 2 is 2.11 bits per heavy atom. The molecule has 0 saturated carbocycles. The number of benzene rings is 1. The van der Waals surface area contributed by atoms with Gasteiger partial charge in [-0.15, -0.1) is 0 Å². The zero-order chi connectivity index (χ0) is 12.8. The summed E-state index contributed by atoms with van der Waals surface area (Å²) in [4.78, 5) is 0. The van der Waals surface area contributed by atoms with Gasteiger partial charge in [-0.2, -0.15) is 0 Å². The van der Waals surface area contributed by atoms with E-state index >= 15 is 0 Å². The number of hydrogen-bond acceptors (Lipinski definition) is 2. The minimum absolute atomic E-state index is 0.444. The maximum absolute atomic E-state index is 5.97. The van der Waals surface area contributed by atoms with E-state index in [1.807, 2.05) is 18.2 Å². The van der Waals surface area contributed by atoms with E-state index in [-0.39, 0.29) is 0 Å². The van der Waals surface area contributed by atoms with Crippen molar-refractivity contribution in [1.29, 1.82) is 0 Å². The molecule has 0 bridgehead atoms. The van der Waals surface area contributed by atoms with Crippen molar-refractivity contribution < 1.29 is 4.74 Å². The van der Waals surface area contributed by atoms with Crippen molar-refractivity contribution in [3.05, 3.63) is 33.8 Å². The van der Waals surface area contributed by atoms with Gasteiger partial charge in [0.1, 0.15) is 0 Å². The summed E-state index contributed by atoms with van der Waals surface area (Å²) in [6, 6.07) is 5.75. The first-order valence-corrected chi connectivity index (χ1v) is 7.27. The van der Waals surface area contributed by atoms with Gasteiger partial charge < -0.3 is 10.1 Å². The highest BCUT2D eigenvalue weighted by Gasteiger charge is 2.12. The van der Waals surface area contributed by atoms with Crippen LogP contribution in [0.4, 0.5) is 0 Å². The molecule has 1 atom stereocenters. The van der Waals surface area contributed by atoms with Crippen LogP contribution in [0.2, 0.25) is 10.0 Å². The highest BCUT2D eigenvalue weighted by Crippen LogP contribution is 2.22. The molecule has 1 saturated heterocycles. The summed E-state index contributed by atoms with van der Waals surface area (Å²) in [6.45, 7) is 2.73. The fraction of sp³-hybridized carbons (Fsp3) is 0.571. The number of rotatable bonds is 5. The van der Waals surface area contributed by atoms with Gasteiger partial charge in [0.25, 0.3) is 0 Å². The second kappa shape index (κ2) is 7.34. The number of hydrogen-bond donors (Lipinski definition) is 1. The minimum Gasteiger partial charge on any atom is -0.378 e. The molecule has 1 fully saturated rings. The number of nitrogens with one attached hydrogen (secondary N) is 1. The molecule has 1 aliphatic rings. The van der Waals surface area contributed by atoms with Crippen molar-refractivity contribution in [2.24, 2.45) is 0 Å². The zero-order valence-electron chi connectivity index (χ0n) is 10.4. The summed E-state index contributed by atoms with van der Waals surface area (Å²) < 4.78 is 5.69. The quantitative estimate of drug-likeness (QED) is 0.826. The van der Waals surface area contributed by atoms with Gasteiger partial charge in [0.05, 0.1) is 16.1 Å². The molecule has 1 heterocycles. The summed E-state index contributed by atoms with van der Waals surface area (Å²) in [5.41, 5.74) is 1.16. The Labute approximate surface area is 119 Å². The average Bonchev–Trinajstić information content (AvgIpc) is 2.40. The average molecular weight is 288 g/mol. The summed E-state index contributed by atoms with van der Waals surface area (Å²) >= 11 is 11.8. The van der Waals surface area contributed by atoms with Crippen molar-refractivity contribution in [3.8, 4) is 0 Å². The van der Waals surface area contributed by atoms with Crippen LogP contribution in [0.3, 0.4) is 0 Å². The third kappa shape index (κ3) is 4.43. The molecule has 2 rings (SSSR count). The molecule has 0 aromatic heterocycles. The van der Waals surface area contributed by atoms with Gasteiger partial charge in [0.15, 0.2) is 0 Å². The second-order valence-electron chi connectivity index (χ2n) is 4.70. The van der Waals surface area contributed by atoms with Crippen LogP contribution in [-0.2, 0) is 11.3 Å². The van der Waals surface area contributed by atoms with Crippen molar-refractivity contribution >= 4 is 23.2 Å². The highest BCUT2D eigenvalue weighted by atomic mass is 35.5. The van der Waals surface area contributed by atoms with Gasteiger partial charge in [-0.25, -0.2) is 0 Å². The summed E-state index contributed by atoms with van der Waals surface area (Å²) in [5, 5.41) is 4.64. The fourth-order valence-corrected chi connectivity index (χ4v) is 2.50. The lowest BCUT2D eigenvalue weighted by Gasteiger charge is -2.22. The van der Waals surface area contributed by atoms with Gasteiger partial charge in [0.2, 0.25) is 0 Å². The molecule has 1 aliphatic heterocycles. The first-order valence-electron chi connectivity index (χ1n) is 6.52. The second-order valence-corrected chi connectivity index (χ2v) is 5.52. The van der Waals surface area contributed by atoms with Gasteiger partial charge in [-0.3, -0.25) is 0 Å². The Morgan fingerprint density at radius 3 is 2.83 bits per heavy atom. The predicted molar refractivity (Wildman–Crippen MR) is 76.4 cm³/mol. The van der Waals surface area contributed by atoms with Crippen LogP contribution in [0.25, 0.3) is 0 Å². The summed E-state index contributed by atoms with van der Waals surface area (Å²) in [7, 11) is 0. The van der Waals surface area contributed by atoms with Crippen LogP contribution in [0.15, 0.2) is 18.2 Å². The molecular formula is C14H19Cl2NO. The van der Waals surface area contributed by atoms with Crippen LogP contribution in [0, 0.1) is 0 Å². The molecule has 0 spiro atoms. The van der Waals surface area contributed by atoms with E-state index in [1.54, 1.807) is 0 Å². The Morgan fingerprint density at radius 1 is 1.22 bits per heavy atom. The Hall–Kier alpha value is -0.280. The van der Waals surface area contributed by atoms with Crippen LogP contribution in [-0.4, -0.2) is 19.3 Å². The number of ether oxygens (including phenoxy) is 1. The standard InChI is InChI=1S/C14H19Cl2NO/c15-13-5-4-11(9-14(13)16)10-17-7-6-12-3-1-2-8-18-12/h4-5,9,12,17H,1-3,6-8,10H2. The lowest BCUT2D eigenvalue weighted by atomic mass is 10.1. The maximum Gasteiger partial charge on any atom is 0.0595 e. The maximum atomic E-state index is 5.97. The van der Waals surface area contributed by atoms with E-state index in [9.17, 15) is 0 Å². The SMILES string of the molecule is Clc1ccc(CNCCC2CCCCO2)cc1Cl. The van der Waals surface area contributed by atoms with E-state index in [2.05, 4.69) is 5.32 Å². The molecule has 0 radical (unpaired) electrons. The van der Waals surface area contributed by atoms with Crippen LogP contribution in [0.5, 0.6) is 0 Å². The van der Waals surface area contributed by atoms with Crippen molar-refractivity contribution in [1.82, 2.24) is 5.32 Å². The molecule has 1 aromatic rings. The van der Waals surface area contributed by atoms with Crippen LogP contribution >= 0.6 is 23.2 Å². The van der Waals surface area contributed by atoms with Gasteiger partial charge in [-0.1, -0.05) is 29.3 Å². The van der Waals surface area contributed by atoms with E-state index in [1.165, 1.54) is 19.3 Å². The molecule has 1 N–H and O–H groups in total. The van der Waals surface area contributed by atoms with Crippen molar-refractivity contribution in [2.45, 2.75) is 38.3 Å². The van der Waals surface area contributed by atoms with Gasteiger partial charge in [0, 0.05) is 13.2 Å². The molecule has 2 nitrogen and oxygen atoms in total. The lowest BCUT2D eigenvalue weighted by molar-refractivity contribution is 0.0115. The third-order valence-electron chi connectivity index (χ3n) is 3.23. The molecule has 4 heteroatoms. The van der Waals surface area contributed by atoms with Crippen molar-refractivity contribution in [2.75, 3.05) is 13.2 Å². The number of halogens is 2. The summed E-state index contributed by atoms with van der Waals surface area (Å²) in [5.74, 6) is 0. The van der Waals surface area contributed by atoms with Gasteiger partial charge >= 0.3 is 0 Å². The largest absolute Gasteiger partial charge is 0.378 e. The van der Waals surface area contributed by atoms with Crippen LogP contribution in [0.1, 0.15) is 31.2 Å². The highest BCUT2D eigenvalue weighted by molar-refractivity contribution is 6.42. The zero-order valence-corrected chi connectivity index (χ0v) is 11.9. The topological polar surface area (TPSA) is 21.3 Å². The Bertz CT molecular complexity index is 378. The smallest absolute Gasteiger partial charge is 0.0595 e. The van der Waals surface area contributed by atoms with Gasteiger partial charge in [-0.05, 0) is 49.9 Å². The normalized spacial score (nSPS) is 20.0. The first kappa shape index (κ1) is 14.1. The van der Waals surface area contributed by atoms with E-state index in [4.69, 9.17) is 27.9 Å². The minimum atomic E-state index is 0.444. The Balaban J connectivity index is 1.66. The molecule has 0 amide bonds.